The molecule has 1 aliphatic rings. The van der Waals surface area contributed by atoms with E-state index in [4.69, 9.17) is 18.0 Å². The Hall–Kier alpha value is -0.180. The van der Waals surface area contributed by atoms with Crippen molar-refractivity contribution in [2.45, 2.75) is 52.3 Å². The highest BCUT2D eigenvalue weighted by Gasteiger charge is 2.50. The molecule has 15 heavy (non-hydrogen) atoms. The Morgan fingerprint density at radius 3 is 2.40 bits per heavy atom. The molecule has 2 nitrogen and oxygen atoms in total. The molecule has 0 radical (unpaired) electrons. The lowest BCUT2D eigenvalue weighted by Crippen LogP contribution is -2.54. The van der Waals surface area contributed by atoms with Gasteiger partial charge in [-0.1, -0.05) is 27.7 Å². The van der Waals surface area contributed by atoms with E-state index in [1.807, 2.05) is 6.92 Å². The lowest BCUT2D eigenvalue weighted by molar-refractivity contribution is 0.0990. The largest absolute Gasteiger partial charge is 0.346 e. The minimum absolute atomic E-state index is 0.120. The van der Waals surface area contributed by atoms with Gasteiger partial charge in [-0.25, -0.2) is 0 Å². The van der Waals surface area contributed by atoms with Crippen LogP contribution in [0.15, 0.2) is 0 Å². The number of amidine groups is 1. The van der Waals surface area contributed by atoms with Crippen molar-refractivity contribution < 1.29 is 0 Å². The second-order valence-corrected chi connectivity index (χ2v) is 6.27. The number of hydrogen-bond acceptors (Lipinski definition) is 2. The highest BCUT2D eigenvalue weighted by Crippen LogP contribution is 2.50. The molecule has 1 fully saturated rings. The first-order chi connectivity index (χ1) is 6.73. The summed E-state index contributed by atoms with van der Waals surface area (Å²) < 4.78 is 0. The molecule has 1 aliphatic heterocycles. The SMILES string of the molecule is CC(=N)N1CCC[C@@]1(S)C(C)(C)C(C)C. The molecular weight excluding hydrogens is 204 g/mol. The monoisotopic (exact) mass is 228 g/mol. The van der Waals surface area contributed by atoms with Crippen molar-refractivity contribution in [1.29, 1.82) is 5.41 Å². The second-order valence-electron chi connectivity index (χ2n) is 5.53. The molecule has 0 aliphatic carbocycles. The van der Waals surface area contributed by atoms with E-state index in [0.717, 1.165) is 19.4 Å². The third-order valence-electron chi connectivity index (χ3n) is 4.23. The molecule has 3 heteroatoms. The Morgan fingerprint density at radius 1 is 1.47 bits per heavy atom. The summed E-state index contributed by atoms with van der Waals surface area (Å²) >= 11 is 4.92. The third kappa shape index (κ3) is 1.91. The molecule has 1 heterocycles. The van der Waals surface area contributed by atoms with Crippen molar-refractivity contribution in [2.75, 3.05) is 6.54 Å². The van der Waals surface area contributed by atoms with Gasteiger partial charge in [0.1, 0.15) is 0 Å². The summed E-state index contributed by atoms with van der Waals surface area (Å²) in [5.41, 5.74) is 0.120. The molecule has 1 saturated heterocycles. The molecule has 0 amide bonds. The molecule has 0 saturated carbocycles. The first kappa shape index (κ1) is 12.9. The fourth-order valence-corrected chi connectivity index (χ4v) is 3.05. The lowest BCUT2D eigenvalue weighted by Gasteiger charge is -2.49. The van der Waals surface area contributed by atoms with Gasteiger partial charge in [0.05, 0.1) is 10.7 Å². The van der Waals surface area contributed by atoms with Crippen LogP contribution in [0.4, 0.5) is 0 Å². The smallest absolute Gasteiger partial charge is 0.0937 e. The Labute approximate surface area is 99.3 Å². The number of thiol groups is 1. The second kappa shape index (κ2) is 4.00. The van der Waals surface area contributed by atoms with Crippen LogP contribution in [0.25, 0.3) is 0 Å². The summed E-state index contributed by atoms with van der Waals surface area (Å²) in [5.74, 6) is 1.21. The molecule has 88 valence electrons. The van der Waals surface area contributed by atoms with Crippen molar-refractivity contribution in [3.05, 3.63) is 0 Å². The van der Waals surface area contributed by atoms with Gasteiger partial charge >= 0.3 is 0 Å². The van der Waals surface area contributed by atoms with Crippen LogP contribution >= 0.6 is 12.6 Å². The number of nitrogens with zero attached hydrogens (tertiary/aromatic N) is 1. The maximum absolute atomic E-state index is 7.85. The van der Waals surface area contributed by atoms with E-state index < -0.39 is 0 Å². The van der Waals surface area contributed by atoms with E-state index in [1.54, 1.807) is 0 Å². The molecule has 1 N–H and O–H groups in total. The maximum Gasteiger partial charge on any atom is 0.0937 e. The number of hydrogen-bond donors (Lipinski definition) is 2. The predicted octanol–water partition coefficient (Wildman–Crippen LogP) is 3.39. The summed E-state index contributed by atoms with van der Waals surface area (Å²) in [5, 5.41) is 7.85. The standard InChI is InChI=1S/C12H24N2S/c1-9(2)11(4,5)12(15)7-6-8-14(12)10(3)13/h9,13,15H,6-8H2,1-5H3/t12-/m1/s1. The Balaban J connectivity index is 3.04. The van der Waals surface area contributed by atoms with E-state index in [9.17, 15) is 0 Å². The summed E-state index contributed by atoms with van der Waals surface area (Å²) in [4.78, 5) is 2.02. The maximum atomic E-state index is 7.85. The Kier molecular flexibility index (Phi) is 3.44. The quantitative estimate of drug-likeness (QED) is 0.423. The molecule has 0 aromatic heterocycles. The average molecular weight is 228 g/mol. The van der Waals surface area contributed by atoms with Crippen LogP contribution in [0.2, 0.25) is 0 Å². The first-order valence-corrected chi connectivity index (χ1v) is 6.23. The zero-order chi connectivity index (χ0) is 11.9. The van der Waals surface area contributed by atoms with Gasteiger partial charge in [-0.3, -0.25) is 5.41 Å². The number of rotatable bonds is 2. The highest BCUT2D eigenvalue weighted by atomic mass is 32.1. The van der Waals surface area contributed by atoms with Crippen molar-refractivity contribution in [1.82, 2.24) is 4.90 Å². The Bertz CT molecular complexity index is 260. The van der Waals surface area contributed by atoms with Gasteiger partial charge in [0.15, 0.2) is 0 Å². The summed E-state index contributed by atoms with van der Waals surface area (Å²) in [6.07, 6.45) is 2.23. The average Bonchev–Trinajstić information content (AvgIpc) is 2.48. The normalized spacial score (nSPS) is 27.5. The van der Waals surface area contributed by atoms with Gasteiger partial charge < -0.3 is 4.90 Å². The fraction of sp³-hybridized carbons (Fsp3) is 0.917. The van der Waals surface area contributed by atoms with Crippen LogP contribution in [-0.2, 0) is 0 Å². The molecule has 0 aromatic carbocycles. The third-order valence-corrected chi connectivity index (χ3v) is 5.28. The molecular formula is C12H24N2S. The zero-order valence-corrected chi connectivity index (χ0v) is 11.5. The minimum atomic E-state index is -0.146. The molecule has 0 spiro atoms. The molecule has 1 atom stereocenters. The van der Waals surface area contributed by atoms with Crippen molar-refractivity contribution >= 4 is 18.5 Å². The lowest BCUT2D eigenvalue weighted by atomic mass is 9.73. The van der Waals surface area contributed by atoms with Crippen LogP contribution < -0.4 is 0 Å². The summed E-state index contributed by atoms with van der Waals surface area (Å²) in [7, 11) is 0. The number of likely N-dealkylation sites (tertiary alicyclic amines) is 1. The summed E-state index contributed by atoms with van der Waals surface area (Å²) in [6.45, 7) is 11.9. The molecule has 0 unspecified atom stereocenters. The van der Waals surface area contributed by atoms with Gasteiger partial charge in [0.2, 0.25) is 0 Å². The summed E-state index contributed by atoms with van der Waals surface area (Å²) in [6, 6.07) is 0. The van der Waals surface area contributed by atoms with Gasteiger partial charge in [-0.2, -0.15) is 12.6 Å². The van der Waals surface area contributed by atoms with E-state index in [2.05, 4.69) is 32.6 Å². The first-order valence-electron chi connectivity index (χ1n) is 5.78. The minimum Gasteiger partial charge on any atom is -0.346 e. The van der Waals surface area contributed by atoms with E-state index in [1.165, 1.54) is 0 Å². The van der Waals surface area contributed by atoms with Gasteiger partial charge in [0, 0.05) is 6.54 Å². The zero-order valence-electron chi connectivity index (χ0n) is 10.6. The van der Waals surface area contributed by atoms with E-state index >= 15 is 0 Å². The molecule has 0 aromatic rings. The van der Waals surface area contributed by atoms with E-state index in [0.29, 0.717) is 11.8 Å². The Morgan fingerprint density at radius 2 is 2.00 bits per heavy atom. The van der Waals surface area contributed by atoms with Gasteiger partial charge in [0.25, 0.3) is 0 Å². The van der Waals surface area contributed by atoms with Crippen molar-refractivity contribution in [2.24, 2.45) is 11.3 Å². The van der Waals surface area contributed by atoms with Crippen molar-refractivity contribution in [3.63, 3.8) is 0 Å². The highest BCUT2D eigenvalue weighted by molar-refractivity contribution is 7.81. The van der Waals surface area contributed by atoms with Crippen LogP contribution in [0.3, 0.4) is 0 Å². The van der Waals surface area contributed by atoms with Gasteiger partial charge in [-0.05, 0) is 31.1 Å². The van der Waals surface area contributed by atoms with Crippen LogP contribution in [0, 0.1) is 16.7 Å². The van der Waals surface area contributed by atoms with Crippen LogP contribution in [0.5, 0.6) is 0 Å². The number of nitrogens with one attached hydrogen (secondary N) is 1. The fourth-order valence-electron chi connectivity index (χ4n) is 2.38. The van der Waals surface area contributed by atoms with Crippen LogP contribution in [0.1, 0.15) is 47.5 Å². The van der Waals surface area contributed by atoms with Crippen LogP contribution in [-0.4, -0.2) is 22.2 Å². The predicted molar refractivity (Wildman–Crippen MR) is 69.7 cm³/mol. The topological polar surface area (TPSA) is 27.1 Å². The van der Waals surface area contributed by atoms with Gasteiger partial charge in [-0.15, -0.1) is 0 Å². The molecule has 0 bridgehead atoms. The van der Waals surface area contributed by atoms with E-state index in [-0.39, 0.29) is 10.3 Å². The van der Waals surface area contributed by atoms with Crippen molar-refractivity contribution in [3.8, 4) is 0 Å². The molecule has 1 rings (SSSR count).